The number of anilines is 1. The Balaban J connectivity index is 1.80. The van der Waals surface area contributed by atoms with Gasteiger partial charge in [0.05, 0.1) is 23.3 Å². The van der Waals surface area contributed by atoms with Crippen molar-refractivity contribution in [3.8, 4) is 11.5 Å². The molecule has 0 heterocycles. The smallest absolute Gasteiger partial charge is 0.264 e. The second-order valence-electron chi connectivity index (χ2n) is 7.98. The van der Waals surface area contributed by atoms with E-state index in [2.05, 4.69) is 5.32 Å². The van der Waals surface area contributed by atoms with E-state index in [0.29, 0.717) is 18.1 Å². The van der Waals surface area contributed by atoms with Gasteiger partial charge in [-0.25, -0.2) is 12.8 Å². The van der Waals surface area contributed by atoms with Crippen LogP contribution < -0.4 is 19.1 Å². The quantitative estimate of drug-likeness (QED) is 0.418. The van der Waals surface area contributed by atoms with Crippen molar-refractivity contribution in [2.24, 2.45) is 0 Å². The lowest BCUT2D eigenvalue weighted by Gasteiger charge is -2.24. The zero-order chi connectivity index (χ0) is 25.4. The minimum absolute atomic E-state index is 0.0110. The first-order valence-corrected chi connectivity index (χ1v) is 12.7. The van der Waals surface area contributed by atoms with E-state index in [4.69, 9.17) is 9.47 Å². The number of nitrogens with zero attached hydrogens (tertiary/aromatic N) is 1. The third-order valence-electron chi connectivity index (χ3n) is 4.88. The van der Waals surface area contributed by atoms with Crippen molar-refractivity contribution in [2.75, 3.05) is 17.5 Å². The van der Waals surface area contributed by atoms with E-state index in [1.807, 2.05) is 45.0 Å². The van der Waals surface area contributed by atoms with E-state index in [0.717, 1.165) is 22.0 Å². The largest absolute Gasteiger partial charge is 0.494 e. The van der Waals surface area contributed by atoms with Gasteiger partial charge in [-0.1, -0.05) is 12.1 Å². The Labute approximate surface area is 205 Å². The molecular weight excluding hydrogens is 471 g/mol. The van der Waals surface area contributed by atoms with Gasteiger partial charge < -0.3 is 14.8 Å². The van der Waals surface area contributed by atoms with Crippen molar-refractivity contribution >= 4 is 21.6 Å². The van der Waals surface area contributed by atoms with Crippen LogP contribution in [-0.4, -0.2) is 33.6 Å². The molecule has 7 nitrogen and oxygen atoms in total. The molecule has 186 valence electrons. The van der Waals surface area contributed by atoms with Crippen LogP contribution in [0.15, 0.2) is 77.7 Å². The van der Waals surface area contributed by atoms with Crippen LogP contribution in [0.2, 0.25) is 0 Å². The number of carbonyl (C=O) groups excluding carboxylic acids is 1. The average Bonchev–Trinajstić information content (AvgIpc) is 2.82. The third-order valence-corrected chi connectivity index (χ3v) is 6.67. The van der Waals surface area contributed by atoms with Crippen molar-refractivity contribution in [2.45, 2.75) is 38.3 Å². The summed E-state index contributed by atoms with van der Waals surface area (Å²) in [4.78, 5) is 12.8. The van der Waals surface area contributed by atoms with Crippen molar-refractivity contribution in [3.05, 3.63) is 84.2 Å². The van der Waals surface area contributed by atoms with Gasteiger partial charge in [-0.15, -0.1) is 0 Å². The second-order valence-corrected chi connectivity index (χ2v) is 9.85. The fourth-order valence-electron chi connectivity index (χ4n) is 3.31. The first kappa shape index (κ1) is 26.0. The highest BCUT2D eigenvalue weighted by Gasteiger charge is 2.27. The molecule has 0 fully saturated rings. The Morgan fingerprint density at radius 2 is 1.69 bits per heavy atom. The van der Waals surface area contributed by atoms with E-state index in [-0.39, 0.29) is 23.2 Å². The minimum Gasteiger partial charge on any atom is -0.494 e. The summed E-state index contributed by atoms with van der Waals surface area (Å²) in [5, 5.41) is 2.75. The number of rotatable bonds is 11. The van der Waals surface area contributed by atoms with Crippen molar-refractivity contribution in [1.82, 2.24) is 5.32 Å². The van der Waals surface area contributed by atoms with Gasteiger partial charge in [0.1, 0.15) is 23.9 Å². The monoisotopic (exact) mass is 500 g/mol. The standard InChI is InChI=1S/C26H29FN2O5S/c1-4-33-23-12-14-25(15-13-23)35(31,32)29(22-10-8-21(27)9-11-22)18-26(30)28-17-20-6-5-7-24(16-20)34-19(2)3/h5-16,19H,4,17-18H2,1-3H3,(H,28,30). The molecule has 0 aliphatic heterocycles. The fourth-order valence-corrected chi connectivity index (χ4v) is 4.73. The zero-order valence-electron chi connectivity index (χ0n) is 19.9. The van der Waals surface area contributed by atoms with E-state index < -0.39 is 28.3 Å². The lowest BCUT2D eigenvalue weighted by atomic mass is 10.2. The molecule has 0 aliphatic rings. The van der Waals surface area contributed by atoms with Crippen LogP contribution in [0.5, 0.6) is 11.5 Å². The molecule has 0 saturated heterocycles. The fraction of sp³-hybridized carbons (Fsp3) is 0.269. The molecule has 3 aromatic rings. The van der Waals surface area contributed by atoms with E-state index in [1.54, 1.807) is 12.1 Å². The summed E-state index contributed by atoms with van der Waals surface area (Å²) >= 11 is 0. The third kappa shape index (κ3) is 7.19. The predicted molar refractivity (Wildman–Crippen MR) is 133 cm³/mol. The Kier molecular flexibility index (Phi) is 8.70. The molecule has 1 amide bonds. The van der Waals surface area contributed by atoms with Gasteiger partial charge in [0.2, 0.25) is 5.91 Å². The van der Waals surface area contributed by atoms with Gasteiger partial charge in [0.15, 0.2) is 0 Å². The number of nitrogens with one attached hydrogen (secondary N) is 1. The van der Waals surface area contributed by atoms with E-state index in [1.165, 1.54) is 24.3 Å². The molecule has 9 heteroatoms. The minimum atomic E-state index is -4.12. The van der Waals surface area contributed by atoms with Crippen LogP contribution in [0.3, 0.4) is 0 Å². The van der Waals surface area contributed by atoms with Crippen LogP contribution in [-0.2, 0) is 21.4 Å². The van der Waals surface area contributed by atoms with Crippen LogP contribution in [0.4, 0.5) is 10.1 Å². The van der Waals surface area contributed by atoms with Gasteiger partial charge in [0.25, 0.3) is 10.0 Å². The maximum atomic E-state index is 13.5. The molecule has 0 spiro atoms. The summed E-state index contributed by atoms with van der Waals surface area (Å²) in [6, 6.07) is 18.1. The Morgan fingerprint density at radius 3 is 2.31 bits per heavy atom. The Morgan fingerprint density at radius 1 is 1.00 bits per heavy atom. The number of halogens is 1. The number of carbonyl (C=O) groups is 1. The number of hydrogen-bond acceptors (Lipinski definition) is 5. The molecule has 0 atom stereocenters. The topological polar surface area (TPSA) is 84.9 Å². The molecule has 0 bridgehead atoms. The molecule has 0 radical (unpaired) electrons. The summed E-state index contributed by atoms with van der Waals surface area (Å²) in [5.74, 6) is 0.179. The summed E-state index contributed by atoms with van der Waals surface area (Å²) in [7, 11) is -4.12. The highest BCUT2D eigenvalue weighted by molar-refractivity contribution is 7.92. The molecule has 0 saturated carbocycles. The van der Waals surface area contributed by atoms with E-state index in [9.17, 15) is 17.6 Å². The van der Waals surface area contributed by atoms with Gasteiger partial charge in [-0.3, -0.25) is 9.10 Å². The van der Waals surface area contributed by atoms with Gasteiger partial charge in [-0.2, -0.15) is 0 Å². The maximum absolute atomic E-state index is 13.5. The van der Waals surface area contributed by atoms with Gasteiger partial charge in [0, 0.05) is 6.54 Å². The molecule has 35 heavy (non-hydrogen) atoms. The summed E-state index contributed by atoms with van der Waals surface area (Å²) in [6.07, 6.45) is 0.0110. The summed E-state index contributed by atoms with van der Waals surface area (Å²) in [6.45, 7) is 5.82. The van der Waals surface area contributed by atoms with Gasteiger partial charge in [-0.05, 0) is 87.0 Å². The normalized spacial score (nSPS) is 11.2. The zero-order valence-corrected chi connectivity index (χ0v) is 20.7. The molecule has 3 rings (SSSR count). The molecule has 0 aromatic heterocycles. The summed E-state index contributed by atoms with van der Waals surface area (Å²) in [5.41, 5.74) is 0.974. The molecule has 3 aromatic carbocycles. The van der Waals surface area contributed by atoms with Crippen LogP contribution in [0, 0.1) is 5.82 Å². The highest BCUT2D eigenvalue weighted by atomic mass is 32.2. The summed E-state index contributed by atoms with van der Waals surface area (Å²) < 4.78 is 52.4. The first-order valence-electron chi connectivity index (χ1n) is 11.2. The van der Waals surface area contributed by atoms with Crippen molar-refractivity contribution in [1.29, 1.82) is 0 Å². The Hall–Kier alpha value is -3.59. The van der Waals surface area contributed by atoms with Crippen molar-refractivity contribution in [3.63, 3.8) is 0 Å². The Bertz CT molecular complexity index is 1230. The number of sulfonamides is 1. The molecule has 1 N–H and O–H groups in total. The predicted octanol–water partition coefficient (Wildman–Crippen LogP) is 4.52. The van der Waals surface area contributed by atoms with Crippen LogP contribution in [0.25, 0.3) is 0 Å². The van der Waals surface area contributed by atoms with Crippen LogP contribution >= 0.6 is 0 Å². The van der Waals surface area contributed by atoms with Gasteiger partial charge >= 0.3 is 0 Å². The number of benzene rings is 3. The molecular formula is C26H29FN2O5S. The lowest BCUT2D eigenvalue weighted by molar-refractivity contribution is -0.119. The molecule has 0 unspecified atom stereocenters. The maximum Gasteiger partial charge on any atom is 0.264 e. The number of amides is 1. The van der Waals surface area contributed by atoms with Crippen molar-refractivity contribution < 1.29 is 27.1 Å². The molecule has 0 aliphatic carbocycles. The second kappa shape index (κ2) is 11.7. The average molecular weight is 501 g/mol. The number of ether oxygens (including phenoxy) is 2. The van der Waals surface area contributed by atoms with Crippen LogP contribution in [0.1, 0.15) is 26.3 Å². The highest BCUT2D eigenvalue weighted by Crippen LogP contribution is 2.25. The number of hydrogen-bond donors (Lipinski definition) is 1. The first-order chi connectivity index (χ1) is 16.7. The van der Waals surface area contributed by atoms with E-state index >= 15 is 0 Å². The SMILES string of the molecule is CCOc1ccc(S(=O)(=O)N(CC(=O)NCc2cccc(OC(C)C)c2)c2ccc(F)cc2)cc1. The lowest BCUT2D eigenvalue weighted by Crippen LogP contribution is -2.40.